The standard InChI is InChI=1S/C14H20BrFN2O/c1-4-5-6-17-14(19)10(3)18-13-8-11(15)12(16)7-9(13)2/h7-8,10,18H,4-6H2,1-3H3,(H,17,19). The Hall–Kier alpha value is -1.10. The number of unbranched alkanes of at least 4 members (excludes halogenated alkanes) is 1. The van der Waals surface area contributed by atoms with Crippen molar-refractivity contribution in [2.45, 2.75) is 39.7 Å². The summed E-state index contributed by atoms with van der Waals surface area (Å²) in [6.45, 7) is 6.36. The topological polar surface area (TPSA) is 41.1 Å². The van der Waals surface area contributed by atoms with Crippen molar-refractivity contribution in [3.05, 3.63) is 28.0 Å². The van der Waals surface area contributed by atoms with Gasteiger partial charge < -0.3 is 10.6 Å². The van der Waals surface area contributed by atoms with E-state index < -0.39 is 0 Å². The van der Waals surface area contributed by atoms with Crippen molar-refractivity contribution in [3.8, 4) is 0 Å². The molecule has 3 nitrogen and oxygen atoms in total. The van der Waals surface area contributed by atoms with Gasteiger partial charge in [0.1, 0.15) is 11.9 Å². The number of aryl methyl sites for hydroxylation is 1. The monoisotopic (exact) mass is 330 g/mol. The Bertz CT molecular complexity index is 451. The van der Waals surface area contributed by atoms with E-state index in [1.165, 1.54) is 6.07 Å². The van der Waals surface area contributed by atoms with Gasteiger partial charge in [-0.05, 0) is 53.9 Å². The number of amides is 1. The Balaban J connectivity index is 2.63. The fourth-order valence-electron chi connectivity index (χ4n) is 1.64. The zero-order valence-corrected chi connectivity index (χ0v) is 13.1. The van der Waals surface area contributed by atoms with Crippen LogP contribution in [0.15, 0.2) is 16.6 Å². The maximum absolute atomic E-state index is 13.3. The fourth-order valence-corrected chi connectivity index (χ4v) is 1.99. The summed E-state index contributed by atoms with van der Waals surface area (Å²) in [7, 11) is 0. The molecule has 5 heteroatoms. The van der Waals surface area contributed by atoms with Crippen LogP contribution in [0.3, 0.4) is 0 Å². The molecule has 0 bridgehead atoms. The number of hydrogen-bond donors (Lipinski definition) is 2. The molecule has 0 saturated heterocycles. The minimum Gasteiger partial charge on any atom is -0.374 e. The van der Waals surface area contributed by atoms with E-state index in [0.29, 0.717) is 11.0 Å². The molecular formula is C14H20BrFN2O. The first kappa shape index (κ1) is 16.0. The minimum absolute atomic E-state index is 0.0479. The highest BCUT2D eigenvalue weighted by Gasteiger charge is 2.14. The molecular weight excluding hydrogens is 311 g/mol. The summed E-state index contributed by atoms with van der Waals surface area (Å²) in [4.78, 5) is 11.8. The van der Waals surface area contributed by atoms with Gasteiger partial charge in [0, 0.05) is 12.2 Å². The van der Waals surface area contributed by atoms with Crippen LogP contribution in [0.1, 0.15) is 32.3 Å². The predicted octanol–water partition coefficient (Wildman–Crippen LogP) is 3.61. The maximum atomic E-state index is 13.3. The fraction of sp³-hybridized carbons (Fsp3) is 0.500. The van der Waals surface area contributed by atoms with Gasteiger partial charge in [-0.2, -0.15) is 0 Å². The second-order valence-electron chi connectivity index (χ2n) is 4.59. The predicted molar refractivity (Wildman–Crippen MR) is 79.8 cm³/mol. The third kappa shape index (κ3) is 4.82. The lowest BCUT2D eigenvalue weighted by atomic mass is 10.1. The van der Waals surface area contributed by atoms with E-state index in [0.717, 1.165) is 24.1 Å². The van der Waals surface area contributed by atoms with Gasteiger partial charge >= 0.3 is 0 Å². The molecule has 1 atom stereocenters. The molecule has 0 aliphatic carbocycles. The highest BCUT2D eigenvalue weighted by Crippen LogP contribution is 2.24. The van der Waals surface area contributed by atoms with Gasteiger partial charge in [-0.3, -0.25) is 4.79 Å². The van der Waals surface area contributed by atoms with Crippen molar-refractivity contribution in [2.24, 2.45) is 0 Å². The molecule has 0 aromatic heterocycles. The molecule has 2 N–H and O–H groups in total. The van der Waals surface area contributed by atoms with Crippen molar-refractivity contribution >= 4 is 27.5 Å². The summed E-state index contributed by atoms with van der Waals surface area (Å²) >= 11 is 3.14. The molecule has 0 radical (unpaired) electrons. The van der Waals surface area contributed by atoms with Gasteiger partial charge in [-0.25, -0.2) is 4.39 Å². The van der Waals surface area contributed by atoms with Crippen LogP contribution in [0, 0.1) is 12.7 Å². The molecule has 19 heavy (non-hydrogen) atoms. The van der Waals surface area contributed by atoms with Crippen molar-refractivity contribution in [1.82, 2.24) is 5.32 Å². The van der Waals surface area contributed by atoms with E-state index in [9.17, 15) is 9.18 Å². The van der Waals surface area contributed by atoms with Gasteiger partial charge in [-0.15, -0.1) is 0 Å². The molecule has 106 valence electrons. The Kier molecular flexibility index (Phi) is 6.28. The third-order valence-electron chi connectivity index (χ3n) is 2.86. The summed E-state index contributed by atoms with van der Waals surface area (Å²) < 4.78 is 13.7. The Morgan fingerprint density at radius 1 is 1.47 bits per heavy atom. The van der Waals surface area contributed by atoms with Gasteiger partial charge in [-0.1, -0.05) is 13.3 Å². The van der Waals surface area contributed by atoms with Gasteiger partial charge in [0.2, 0.25) is 5.91 Å². The van der Waals surface area contributed by atoms with Crippen LogP contribution >= 0.6 is 15.9 Å². The second-order valence-corrected chi connectivity index (χ2v) is 5.45. The molecule has 1 amide bonds. The number of rotatable bonds is 6. The average molecular weight is 331 g/mol. The Morgan fingerprint density at radius 2 is 2.16 bits per heavy atom. The number of carbonyl (C=O) groups excluding carboxylic acids is 1. The lowest BCUT2D eigenvalue weighted by Crippen LogP contribution is -2.38. The van der Waals surface area contributed by atoms with Crippen molar-refractivity contribution in [1.29, 1.82) is 0 Å². The molecule has 1 aromatic rings. The average Bonchev–Trinajstić information content (AvgIpc) is 2.36. The first-order valence-electron chi connectivity index (χ1n) is 6.45. The van der Waals surface area contributed by atoms with Crippen LogP contribution < -0.4 is 10.6 Å². The van der Waals surface area contributed by atoms with Crippen LogP contribution in [0.2, 0.25) is 0 Å². The number of halogens is 2. The molecule has 0 fully saturated rings. The van der Waals surface area contributed by atoms with Gasteiger partial charge in [0.25, 0.3) is 0 Å². The molecule has 1 aromatic carbocycles. The Morgan fingerprint density at radius 3 is 2.79 bits per heavy atom. The summed E-state index contributed by atoms with van der Waals surface area (Å²) in [5, 5.41) is 5.96. The van der Waals surface area contributed by atoms with Crippen LogP contribution in [0.25, 0.3) is 0 Å². The lowest BCUT2D eigenvalue weighted by Gasteiger charge is -2.17. The van der Waals surface area contributed by atoms with Crippen LogP contribution in [-0.4, -0.2) is 18.5 Å². The third-order valence-corrected chi connectivity index (χ3v) is 3.47. The molecule has 1 rings (SSSR count). The zero-order valence-electron chi connectivity index (χ0n) is 11.5. The molecule has 0 spiro atoms. The van der Waals surface area contributed by atoms with E-state index in [1.54, 1.807) is 19.9 Å². The summed E-state index contributed by atoms with van der Waals surface area (Å²) in [5.41, 5.74) is 1.53. The van der Waals surface area contributed by atoms with E-state index in [4.69, 9.17) is 0 Å². The van der Waals surface area contributed by atoms with Gasteiger partial charge in [0.15, 0.2) is 0 Å². The smallest absolute Gasteiger partial charge is 0.242 e. The minimum atomic E-state index is -0.354. The van der Waals surface area contributed by atoms with Crippen molar-refractivity contribution < 1.29 is 9.18 Å². The quantitative estimate of drug-likeness (QED) is 0.782. The first-order chi connectivity index (χ1) is 8.95. The van der Waals surface area contributed by atoms with Crippen molar-refractivity contribution in [3.63, 3.8) is 0 Å². The highest BCUT2D eigenvalue weighted by molar-refractivity contribution is 9.10. The SMILES string of the molecule is CCCCNC(=O)C(C)Nc1cc(Br)c(F)cc1C. The summed E-state index contributed by atoms with van der Waals surface area (Å²) in [6, 6.07) is 2.74. The normalized spacial score (nSPS) is 12.1. The number of benzene rings is 1. The molecule has 1 unspecified atom stereocenters. The van der Waals surface area contributed by atoms with Crippen LogP contribution in [0.4, 0.5) is 10.1 Å². The molecule has 0 aliphatic heterocycles. The largest absolute Gasteiger partial charge is 0.374 e. The van der Waals surface area contributed by atoms with E-state index in [-0.39, 0.29) is 17.8 Å². The molecule has 0 saturated carbocycles. The maximum Gasteiger partial charge on any atom is 0.242 e. The highest BCUT2D eigenvalue weighted by atomic mass is 79.9. The lowest BCUT2D eigenvalue weighted by molar-refractivity contribution is -0.121. The summed E-state index contributed by atoms with van der Waals surface area (Å²) in [6.07, 6.45) is 2.02. The van der Waals surface area contributed by atoms with Gasteiger partial charge in [0.05, 0.1) is 4.47 Å². The van der Waals surface area contributed by atoms with E-state index >= 15 is 0 Å². The Labute approximate surface area is 122 Å². The summed E-state index contributed by atoms with van der Waals surface area (Å²) in [5.74, 6) is -0.351. The van der Waals surface area contributed by atoms with Crippen LogP contribution in [0.5, 0.6) is 0 Å². The first-order valence-corrected chi connectivity index (χ1v) is 7.25. The zero-order chi connectivity index (χ0) is 14.4. The second kappa shape index (κ2) is 7.48. The van der Waals surface area contributed by atoms with Crippen LogP contribution in [-0.2, 0) is 4.79 Å². The number of anilines is 1. The molecule has 0 heterocycles. The number of nitrogens with one attached hydrogen (secondary N) is 2. The molecule has 0 aliphatic rings. The number of carbonyl (C=O) groups is 1. The van der Waals surface area contributed by atoms with E-state index in [1.807, 2.05) is 0 Å². The van der Waals surface area contributed by atoms with Crippen molar-refractivity contribution in [2.75, 3.05) is 11.9 Å². The van der Waals surface area contributed by atoms with E-state index in [2.05, 4.69) is 33.5 Å². The number of hydrogen-bond acceptors (Lipinski definition) is 2.